The van der Waals surface area contributed by atoms with Gasteiger partial charge < -0.3 is 15.1 Å². The van der Waals surface area contributed by atoms with Gasteiger partial charge in [-0.15, -0.1) is 12.4 Å². The van der Waals surface area contributed by atoms with Crippen molar-refractivity contribution in [3.63, 3.8) is 0 Å². The monoisotopic (exact) mass is 591 g/mol. The number of carbonyl (C=O) groups is 2. The van der Waals surface area contributed by atoms with Crippen LogP contribution in [-0.4, -0.2) is 54.8 Å². The van der Waals surface area contributed by atoms with Crippen LogP contribution in [0.15, 0.2) is 48.5 Å². The zero-order valence-electron chi connectivity index (χ0n) is 21.9. The highest BCUT2D eigenvalue weighted by atomic mass is 35.5. The van der Waals surface area contributed by atoms with E-state index in [-0.39, 0.29) is 47.7 Å². The number of nitrogens with zero attached hydrogens (tertiary/aromatic N) is 2. The van der Waals surface area contributed by atoms with E-state index >= 15 is 0 Å². The Hall–Kier alpha value is -2.79. The molecule has 2 aliphatic heterocycles. The summed E-state index contributed by atoms with van der Waals surface area (Å²) in [6.07, 6.45) is -8.11. The van der Waals surface area contributed by atoms with E-state index in [1.807, 2.05) is 30.3 Å². The molecule has 1 N–H and O–H groups in total. The summed E-state index contributed by atoms with van der Waals surface area (Å²) in [7, 11) is 1.38. The summed E-state index contributed by atoms with van der Waals surface area (Å²) in [6, 6.07) is 10.6. The third-order valence-electron chi connectivity index (χ3n) is 7.60. The Morgan fingerprint density at radius 1 is 0.925 bits per heavy atom. The zero-order chi connectivity index (χ0) is 28.4. The first-order chi connectivity index (χ1) is 18.3. The molecule has 2 atom stereocenters. The molecule has 0 aromatic heterocycles. The second-order valence-electron chi connectivity index (χ2n) is 10.3. The van der Waals surface area contributed by atoms with Gasteiger partial charge in [0, 0.05) is 44.4 Å². The lowest BCUT2D eigenvalue weighted by Crippen LogP contribution is -2.50. The second-order valence-corrected chi connectivity index (χ2v) is 10.3. The molecule has 0 saturated carbocycles. The van der Waals surface area contributed by atoms with E-state index in [0.29, 0.717) is 31.6 Å². The van der Waals surface area contributed by atoms with Crippen molar-refractivity contribution in [3.8, 4) is 0 Å². The van der Waals surface area contributed by atoms with Crippen molar-refractivity contribution in [2.24, 2.45) is 11.8 Å². The summed E-state index contributed by atoms with van der Waals surface area (Å²) >= 11 is 0. The Balaban J connectivity index is 0.00000441. The lowest BCUT2D eigenvalue weighted by atomic mass is 9.79. The minimum atomic E-state index is -4.97. The first-order valence-corrected chi connectivity index (χ1v) is 12.9. The van der Waals surface area contributed by atoms with E-state index in [9.17, 15) is 35.9 Å². The van der Waals surface area contributed by atoms with Gasteiger partial charge in [0.15, 0.2) is 0 Å². The fraction of sp³-hybridized carbons (Fsp3) is 0.500. The zero-order valence-corrected chi connectivity index (χ0v) is 22.7. The third kappa shape index (κ3) is 7.48. The quantitative estimate of drug-likeness (QED) is 0.452. The lowest BCUT2D eigenvalue weighted by Gasteiger charge is -2.41. The third-order valence-corrected chi connectivity index (χ3v) is 7.60. The summed E-state index contributed by atoms with van der Waals surface area (Å²) in [5, 5.41) is 3.24. The molecule has 0 spiro atoms. The first-order valence-electron chi connectivity index (χ1n) is 12.9. The van der Waals surface area contributed by atoms with Crippen molar-refractivity contribution in [1.29, 1.82) is 0 Å². The van der Waals surface area contributed by atoms with E-state index in [4.69, 9.17) is 0 Å². The maximum atomic E-state index is 13.6. The predicted octanol–water partition coefficient (Wildman–Crippen LogP) is 5.74. The van der Waals surface area contributed by atoms with Crippen molar-refractivity contribution < 1.29 is 35.9 Å². The molecule has 2 saturated heterocycles. The van der Waals surface area contributed by atoms with Crippen molar-refractivity contribution in [3.05, 3.63) is 70.8 Å². The molecular weight excluding hydrogens is 560 g/mol. The maximum Gasteiger partial charge on any atom is 0.416 e. The molecule has 40 heavy (non-hydrogen) atoms. The predicted molar refractivity (Wildman–Crippen MR) is 140 cm³/mol. The second kappa shape index (κ2) is 12.8. The molecule has 2 amide bonds. The number of halogens is 7. The van der Waals surface area contributed by atoms with Gasteiger partial charge in [-0.1, -0.05) is 30.3 Å². The van der Waals surface area contributed by atoms with E-state index < -0.39 is 35.9 Å². The Kier molecular flexibility index (Phi) is 10.2. The van der Waals surface area contributed by atoms with Gasteiger partial charge in [0.2, 0.25) is 11.8 Å². The number of piperidine rings is 2. The van der Waals surface area contributed by atoms with Crippen molar-refractivity contribution in [2.45, 2.75) is 44.1 Å². The highest BCUT2D eigenvalue weighted by Crippen LogP contribution is 2.38. The average Bonchev–Trinajstić information content (AvgIpc) is 2.91. The average molecular weight is 592 g/mol. The molecule has 0 unspecified atom stereocenters. The largest absolute Gasteiger partial charge is 0.416 e. The summed E-state index contributed by atoms with van der Waals surface area (Å²) in [5.41, 5.74) is -2.24. The van der Waals surface area contributed by atoms with Gasteiger partial charge in [0.25, 0.3) is 0 Å². The van der Waals surface area contributed by atoms with Gasteiger partial charge in [0.05, 0.1) is 11.1 Å². The van der Waals surface area contributed by atoms with Crippen LogP contribution in [0, 0.1) is 11.8 Å². The van der Waals surface area contributed by atoms with Crippen molar-refractivity contribution in [1.82, 2.24) is 15.1 Å². The number of likely N-dealkylation sites (tertiary alicyclic amines) is 1. The summed E-state index contributed by atoms with van der Waals surface area (Å²) in [4.78, 5) is 29.8. The van der Waals surface area contributed by atoms with Crippen molar-refractivity contribution in [2.75, 3.05) is 33.2 Å². The Morgan fingerprint density at radius 3 is 2.05 bits per heavy atom. The highest BCUT2D eigenvalue weighted by molar-refractivity contribution is 5.85. The molecule has 2 aromatic rings. The van der Waals surface area contributed by atoms with Crippen LogP contribution < -0.4 is 5.32 Å². The van der Waals surface area contributed by atoms with Crippen LogP contribution in [0.25, 0.3) is 0 Å². The fourth-order valence-corrected chi connectivity index (χ4v) is 5.56. The van der Waals surface area contributed by atoms with Crippen LogP contribution in [0.4, 0.5) is 26.3 Å². The van der Waals surface area contributed by atoms with Crippen LogP contribution in [0.1, 0.15) is 47.4 Å². The SMILES string of the molecule is CN(Cc1cc(C(F)(F)F)cc(C(F)(F)F)c1)C(=O)[C@H]1CCN(C(=O)C2CCNCC2)C[C@H]1c1ccccc1.Cl. The summed E-state index contributed by atoms with van der Waals surface area (Å²) in [6.45, 7) is 1.80. The number of alkyl halides is 6. The van der Waals surface area contributed by atoms with Gasteiger partial charge in [-0.2, -0.15) is 26.3 Å². The smallest absolute Gasteiger partial charge is 0.342 e. The van der Waals surface area contributed by atoms with Crippen LogP contribution in [0.2, 0.25) is 0 Å². The molecular formula is C28H32ClF6N3O2. The van der Waals surface area contributed by atoms with Crippen LogP contribution in [-0.2, 0) is 28.5 Å². The first kappa shape index (κ1) is 31.7. The number of rotatable bonds is 5. The van der Waals surface area contributed by atoms with Crippen LogP contribution >= 0.6 is 12.4 Å². The summed E-state index contributed by atoms with van der Waals surface area (Å²) < 4.78 is 79.9. The molecule has 2 fully saturated rings. The number of hydrogen-bond donors (Lipinski definition) is 1. The summed E-state index contributed by atoms with van der Waals surface area (Å²) in [5.74, 6) is -1.35. The number of benzene rings is 2. The van der Waals surface area contributed by atoms with Gasteiger partial charge in [-0.05, 0) is 61.7 Å². The topological polar surface area (TPSA) is 52.7 Å². The molecule has 5 nitrogen and oxygen atoms in total. The normalized spacial score (nSPS) is 20.5. The maximum absolute atomic E-state index is 13.6. The van der Waals surface area contributed by atoms with Crippen LogP contribution in [0.3, 0.4) is 0 Å². The highest BCUT2D eigenvalue weighted by Gasteiger charge is 2.40. The molecule has 220 valence electrons. The van der Waals surface area contributed by atoms with Gasteiger partial charge in [-0.3, -0.25) is 9.59 Å². The van der Waals surface area contributed by atoms with E-state index in [1.54, 1.807) is 4.90 Å². The molecule has 2 aliphatic rings. The van der Waals surface area contributed by atoms with Gasteiger partial charge in [0.1, 0.15) is 0 Å². The molecule has 2 heterocycles. The number of carbonyl (C=O) groups excluding carboxylic acids is 2. The number of hydrogen-bond acceptors (Lipinski definition) is 3. The molecule has 4 rings (SSSR count). The molecule has 0 aliphatic carbocycles. The van der Waals surface area contributed by atoms with E-state index in [2.05, 4.69) is 5.32 Å². The van der Waals surface area contributed by atoms with Gasteiger partial charge >= 0.3 is 12.4 Å². The fourth-order valence-electron chi connectivity index (χ4n) is 5.56. The molecule has 0 bridgehead atoms. The van der Waals surface area contributed by atoms with E-state index in [1.165, 1.54) is 11.9 Å². The number of nitrogens with one attached hydrogen (secondary N) is 1. The molecule has 2 aromatic carbocycles. The molecule has 12 heteroatoms. The number of amides is 2. The Labute approximate surface area is 235 Å². The lowest BCUT2D eigenvalue weighted by molar-refractivity contribution is -0.144. The Morgan fingerprint density at radius 2 is 1.50 bits per heavy atom. The Bertz CT molecular complexity index is 1140. The minimum absolute atomic E-state index is 0. The van der Waals surface area contributed by atoms with E-state index in [0.717, 1.165) is 31.5 Å². The van der Waals surface area contributed by atoms with Gasteiger partial charge in [-0.25, -0.2) is 0 Å². The standard InChI is InChI=1S/C28H31F6N3O2.ClH/c1-36(16-18-13-21(27(29,30)31)15-22(14-18)28(32,33)34)26(39)23-9-12-37(25(38)20-7-10-35-11-8-20)17-24(23)19-5-3-2-4-6-19;/h2-6,13-15,20,23-24,35H,7-12,16-17H2,1H3;1H/t23-,24-;/m0./s1. The van der Waals surface area contributed by atoms with Crippen molar-refractivity contribution >= 4 is 24.2 Å². The minimum Gasteiger partial charge on any atom is -0.342 e. The van der Waals surface area contributed by atoms with Crippen LogP contribution in [0.5, 0.6) is 0 Å². The molecule has 0 radical (unpaired) electrons.